The van der Waals surface area contributed by atoms with Crippen molar-refractivity contribution in [1.29, 1.82) is 0 Å². The third kappa shape index (κ3) is 3.00. The second-order valence-electron chi connectivity index (χ2n) is 5.07. The third-order valence-electron chi connectivity index (χ3n) is 2.68. The number of carbonyl (C=O) groups excluding carboxylic acids is 3. The number of barbiturate groups is 1. The van der Waals surface area contributed by atoms with Crippen molar-refractivity contribution in [3.63, 3.8) is 0 Å². The number of nitrogens with one attached hydrogen (secondary N) is 2. The lowest BCUT2D eigenvalue weighted by atomic mass is 9.84. The molecule has 1 aliphatic rings. The molecule has 0 aromatic heterocycles. The Kier molecular flexibility index (Phi) is 3.86. The SMILES string of the molecule is CCC1(CSC(C)(C)C)C(=O)NC(=O)NC1=O. The van der Waals surface area contributed by atoms with E-state index in [1.54, 1.807) is 6.92 Å². The van der Waals surface area contributed by atoms with Crippen LogP contribution in [0.4, 0.5) is 4.79 Å². The smallest absolute Gasteiger partial charge is 0.277 e. The highest BCUT2D eigenvalue weighted by atomic mass is 32.2. The van der Waals surface area contributed by atoms with Gasteiger partial charge in [-0.2, -0.15) is 11.8 Å². The van der Waals surface area contributed by atoms with Gasteiger partial charge in [0, 0.05) is 10.5 Å². The fourth-order valence-electron chi connectivity index (χ4n) is 1.47. The molecule has 6 heteroatoms. The molecule has 1 fully saturated rings. The van der Waals surface area contributed by atoms with Crippen LogP contribution in [0.5, 0.6) is 0 Å². The van der Waals surface area contributed by atoms with Gasteiger partial charge in [-0.1, -0.05) is 27.7 Å². The zero-order valence-electron chi connectivity index (χ0n) is 10.5. The molecule has 17 heavy (non-hydrogen) atoms. The van der Waals surface area contributed by atoms with Gasteiger partial charge in [-0.3, -0.25) is 20.2 Å². The summed E-state index contributed by atoms with van der Waals surface area (Å²) in [5, 5.41) is 4.33. The van der Waals surface area contributed by atoms with E-state index in [9.17, 15) is 14.4 Å². The number of carbonyl (C=O) groups is 3. The molecular weight excluding hydrogens is 240 g/mol. The molecule has 0 bridgehead atoms. The van der Waals surface area contributed by atoms with Gasteiger partial charge in [0.15, 0.2) is 0 Å². The Bertz CT molecular complexity index is 340. The van der Waals surface area contributed by atoms with Gasteiger partial charge in [0.05, 0.1) is 0 Å². The number of imide groups is 2. The van der Waals surface area contributed by atoms with E-state index in [2.05, 4.69) is 10.6 Å². The lowest BCUT2D eigenvalue weighted by Gasteiger charge is -2.34. The molecule has 0 unspecified atom stereocenters. The van der Waals surface area contributed by atoms with Gasteiger partial charge in [0.25, 0.3) is 0 Å². The van der Waals surface area contributed by atoms with Crippen LogP contribution in [-0.4, -0.2) is 28.3 Å². The second kappa shape index (κ2) is 4.68. The molecule has 0 aromatic carbocycles. The van der Waals surface area contributed by atoms with Crippen LogP contribution in [0, 0.1) is 5.41 Å². The summed E-state index contributed by atoms with van der Waals surface area (Å²) in [7, 11) is 0. The highest BCUT2D eigenvalue weighted by Gasteiger charge is 2.49. The maximum absolute atomic E-state index is 11.9. The maximum atomic E-state index is 11.9. The zero-order valence-corrected chi connectivity index (χ0v) is 11.4. The number of urea groups is 1. The Morgan fingerprint density at radius 1 is 1.12 bits per heavy atom. The largest absolute Gasteiger partial charge is 0.328 e. The minimum atomic E-state index is -1.13. The van der Waals surface area contributed by atoms with Crippen molar-refractivity contribution in [1.82, 2.24) is 10.6 Å². The molecule has 1 aliphatic heterocycles. The quantitative estimate of drug-likeness (QED) is 0.748. The molecule has 2 N–H and O–H groups in total. The lowest BCUT2D eigenvalue weighted by Crippen LogP contribution is -2.63. The van der Waals surface area contributed by atoms with Crippen molar-refractivity contribution in [2.24, 2.45) is 5.41 Å². The van der Waals surface area contributed by atoms with Crippen molar-refractivity contribution in [2.75, 3.05) is 5.75 Å². The van der Waals surface area contributed by atoms with Crippen LogP contribution in [0.25, 0.3) is 0 Å². The summed E-state index contributed by atoms with van der Waals surface area (Å²) in [5.41, 5.74) is -1.13. The van der Waals surface area contributed by atoms with Crippen molar-refractivity contribution in [2.45, 2.75) is 38.9 Å². The summed E-state index contributed by atoms with van der Waals surface area (Å²) < 4.78 is -0.0375. The number of rotatable bonds is 3. The third-order valence-corrected chi connectivity index (χ3v) is 4.18. The first-order valence-electron chi connectivity index (χ1n) is 5.52. The molecule has 5 nitrogen and oxygen atoms in total. The average Bonchev–Trinajstić information content (AvgIpc) is 2.15. The normalized spacial score (nSPS) is 19.9. The summed E-state index contributed by atoms with van der Waals surface area (Å²) in [6.07, 6.45) is 0.376. The van der Waals surface area contributed by atoms with Gasteiger partial charge < -0.3 is 0 Å². The summed E-state index contributed by atoms with van der Waals surface area (Å²) in [5.74, 6) is -0.617. The average molecular weight is 258 g/mol. The first-order valence-corrected chi connectivity index (χ1v) is 6.50. The van der Waals surface area contributed by atoms with Crippen LogP contribution < -0.4 is 10.6 Å². The Morgan fingerprint density at radius 2 is 1.59 bits per heavy atom. The summed E-state index contributed by atoms with van der Waals surface area (Å²) in [6.45, 7) is 7.83. The summed E-state index contributed by atoms with van der Waals surface area (Å²) in [4.78, 5) is 34.8. The number of hydrogen-bond acceptors (Lipinski definition) is 4. The molecular formula is C11H18N2O3S. The van der Waals surface area contributed by atoms with Crippen LogP contribution in [-0.2, 0) is 9.59 Å². The molecule has 0 atom stereocenters. The standard InChI is InChI=1S/C11H18N2O3S/c1-5-11(6-17-10(2,3)4)7(14)12-9(16)13-8(11)15/h5-6H2,1-4H3,(H2,12,13,14,15,16). The van der Waals surface area contributed by atoms with E-state index >= 15 is 0 Å². The molecule has 96 valence electrons. The molecule has 1 saturated heterocycles. The Labute approximate surface area is 105 Å². The minimum Gasteiger partial charge on any atom is -0.277 e. The fraction of sp³-hybridized carbons (Fsp3) is 0.727. The van der Waals surface area contributed by atoms with Crippen LogP contribution in [0.3, 0.4) is 0 Å². The lowest BCUT2D eigenvalue weighted by molar-refractivity contribution is -0.142. The molecule has 0 aromatic rings. The molecule has 0 radical (unpaired) electrons. The monoisotopic (exact) mass is 258 g/mol. The number of hydrogen-bond donors (Lipinski definition) is 2. The van der Waals surface area contributed by atoms with E-state index in [0.29, 0.717) is 12.2 Å². The van der Waals surface area contributed by atoms with Gasteiger partial charge in [-0.15, -0.1) is 0 Å². The van der Waals surface area contributed by atoms with E-state index in [4.69, 9.17) is 0 Å². The first-order chi connectivity index (χ1) is 7.71. The van der Waals surface area contributed by atoms with Gasteiger partial charge in [0.2, 0.25) is 11.8 Å². The summed E-state index contributed by atoms with van der Waals surface area (Å²) in [6, 6.07) is -0.732. The molecule has 1 rings (SSSR count). The summed E-state index contributed by atoms with van der Waals surface area (Å²) >= 11 is 1.54. The Morgan fingerprint density at radius 3 is 1.94 bits per heavy atom. The van der Waals surface area contributed by atoms with E-state index < -0.39 is 23.3 Å². The minimum absolute atomic E-state index is 0.0375. The van der Waals surface area contributed by atoms with Gasteiger partial charge in [-0.25, -0.2) is 4.79 Å². The predicted octanol–water partition coefficient (Wildman–Crippen LogP) is 1.28. The van der Waals surface area contributed by atoms with Gasteiger partial charge in [-0.05, 0) is 6.42 Å². The Hall–Kier alpha value is -1.04. The van der Waals surface area contributed by atoms with E-state index in [-0.39, 0.29) is 4.75 Å². The molecule has 0 aliphatic carbocycles. The second-order valence-corrected chi connectivity index (χ2v) is 6.88. The van der Waals surface area contributed by atoms with Crippen molar-refractivity contribution < 1.29 is 14.4 Å². The number of thioether (sulfide) groups is 1. The van der Waals surface area contributed by atoms with E-state index in [1.165, 1.54) is 11.8 Å². The van der Waals surface area contributed by atoms with E-state index in [1.807, 2.05) is 20.8 Å². The number of amides is 4. The van der Waals surface area contributed by atoms with Crippen LogP contribution >= 0.6 is 11.8 Å². The van der Waals surface area contributed by atoms with Crippen LogP contribution in [0.15, 0.2) is 0 Å². The van der Waals surface area contributed by atoms with Crippen LogP contribution in [0.2, 0.25) is 0 Å². The topological polar surface area (TPSA) is 75.3 Å². The maximum Gasteiger partial charge on any atom is 0.328 e. The molecule has 0 spiro atoms. The predicted molar refractivity (Wildman–Crippen MR) is 66.6 cm³/mol. The highest BCUT2D eigenvalue weighted by Crippen LogP contribution is 2.35. The van der Waals surface area contributed by atoms with Crippen molar-refractivity contribution >= 4 is 29.6 Å². The molecule has 4 amide bonds. The van der Waals surface area contributed by atoms with Gasteiger partial charge in [0.1, 0.15) is 5.41 Å². The fourth-order valence-corrected chi connectivity index (χ4v) is 2.62. The van der Waals surface area contributed by atoms with Gasteiger partial charge >= 0.3 is 6.03 Å². The van der Waals surface area contributed by atoms with Crippen molar-refractivity contribution in [3.8, 4) is 0 Å². The highest BCUT2D eigenvalue weighted by molar-refractivity contribution is 8.00. The molecule has 1 heterocycles. The Balaban J connectivity index is 2.90. The zero-order chi connectivity index (χ0) is 13.3. The van der Waals surface area contributed by atoms with Crippen molar-refractivity contribution in [3.05, 3.63) is 0 Å². The van der Waals surface area contributed by atoms with Crippen LogP contribution in [0.1, 0.15) is 34.1 Å². The first kappa shape index (κ1) is 14.0. The van der Waals surface area contributed by atoms with E-state index in [0.717, 1.165) is 0 Å². The molecule has 0 saturated carbocycles.